The molecule has 2 aromatic rings. The first-order valence-electron chi connectivity index (χ1n) is 9.64. The second kappa shape index (κ2) is 10.9. The molecule has 2 N–H and O–H groups in total. The van der Waals surface area contributed by atoms with Crippen LogP contribution in [0.1, 0.15) is 25.3 Å². The molecule has 3 heterocycles. The van der Waals surface area contributed by atoms with Crippen LogP contribution in [0.15, 0.2) is 46.3 Å². The Morgan fingerprint density at radius 3 is 2.96 bits per heavy atom. The fourth-order valence-electron chi connectivity index (χ4n) is 3.14. The van der Waals surface area contributed by atoms with E-state index in [0.29, 0.717) is 19.2 Å². The molecule has 1 saturated heterocycles. The van der Waals surface area contributed by atoms with Crippen molar-refractivity contribution in [2.75, 3.05) is 32.8 Å². The zero-order valence-electron chi connectivity index (χ0n) is 15.9. The molecule has 3 rings (SSSR count). The molecule has 0 aliphatic carbocycles. The zero-order chi connectivity index (χ0) is 18.7. The van der Waals surface area contributed by atoms with Gasteiger partial charge in [-0.1, -0.05) is 0 Å². The predicted octanol–water partition coefficient (Wildman–Crippen LogP) is 2.74. The molecule has 7 heteroatoms. The summed E-state index contributed by atoms with van der Waals surface area (Å²) in [6, 6.07) is 6.47. The van der Waals surface area contributed by atoms with Crippen molar-refractivity contribution < 1.29 is 4.74 Å². The van der Waals surface area contributed by atoms with Crippen LogP contribution < -0.4 is 15.4 Å². The third-order valence-electron chi connectivity index (χ3n) is 4.52. The number of aromatic nitrogens is 1. The molecule has 0 aromatic carbocycles. The van der Waals surface area contributed by atoms with Gasteiger partial charge in [-0.25, -0.2) is 4.99 Å². The van der Waals surface area contributed by atoms with E-state index >= 15 is 0 Å². The lowest BCUT2D eigenvalue weighted by molar-refractivity contribution is 0.198. The first-order valence-corrected chi connectivity index (χ1v) is 10.6. The Morgan fingerprint density at radius 1 is 1.37 bits per heavy atom. The summed E-state index contributed by atoms with van der Waals surface area (Å²) in [5.41, 5.74) is 1.43. The number of nitrogens with one attached hydrogen (secondary N) is 2. The van der Waals surface area contributed by atoms with Gasteiger partial charge in [-0.3, -0.25) is 9.88 Å². The first kappa shape index (κ1) is 19.6. The summed E-state index contributed by atoms with van der Waals surface area (Å²) in [5.74, 6) is 1.66. The van der Waals surface area contributed by atoms with Gasteiger partial charge < -0.3 is 15.4 Å². The molecule has 0 amide bonds. The monoisotopic (exact) mass is 387 g/mol. The van der Waals surface area contributed by atoms with Crippen LogP contribution in [0.5, 0.6) is 5.75 Å². The maximum absolute atomic E-state index is 5.66. The van der Waals surface area contributed by atoms with Crippen LogP contribution in [-0.2, 0) is 6.54 Å². The molecular weight excluding hydrogens is 358 g/mol. The van der Waals surface area contributed by atoms with Gasteiger partial charge >= 0.3 is 0 Å². The Balaban J connectivity index is 1.39. The number of likely N-dealkylation sites (tertiary alicyclic amines) is 1. The second-order valence-electron chi connectivity index (χ2n) is 6.62. The van der Waals surface area contributed by atoms with Crippen molar-refractivity contribution in [3.8, 4) is 5.75 Å². The minimum Gasteiger partial charge on any atom is -0.490 e. The average Bonchev–Trinajstić information content (AvgIpc) is 3.21. The molecule has 6 nitrogen and oxygen atoms in total. The number of thiophene rings is 1. The highest BCUT2D eigenvalue weighted by molar-refractivity contribution is 7.07. The van der Waals surface area contributed by atoms with Gasteiger partial charge in [0, 0.05) is 38.4 Å². The Hall–Kier alpha value is -2.12. The predicted molar refractivity (Wildman–Crippen MR) is 111 cm³/mol. The van der Waals surface area contributed by atoms with E-state index in [2.05, 4.69) is 49.3 Å². The average molecular weight is 388 g/mol. The Labute approximate surface area is 165 Å². The number of rotatable bonds is 8. The quantitative estimate of drug-likeness (QED) is 0.414. The van der Waals surface area contributed by atoms with E-state index in [1.165, 1.54) is 5.56 Å². The highest BCUT2D eigenvalue weighted by atomic mass is 32.1. The fourth-order valence-corrected chi connectivity index (χ4v) is 3.80. The van der Waals surface area contributed by atoms with Gasteiger partial charge in [0.05, 0.1) is 12.7 Å². The molecule has 1 aliphatic rings. The normalized spacial score (nSPS) is 16.3. The van der Waals surface area contributed by atoms with E-state index in [1.54, 1.807) is 23.7 Å². The van der Waals surface area contributed by atoms with Crippen molar-refractivity contribution >= 4 is 17.3 Å². The van der Waals surface area contributed by atoms with Gasteiger partial charge in [0.2, 0.25) is 0 Å². The summed E-state index contributed by atoms with van der Waals surface area (Å²) < 4.78 is 5.66. The molecule has 0 unspecified atom stereocenters. The van der Waals surface area contributed by atoms with Crippen molar-refractivity contribution in [3.05, 3.63) is 46.9 Å². The van der Waals surface area contributed by atoms with Crippen molar-refractivity contribution in [3.63, 3.8) is 0 Å². The van der Waals surface area contributed by atoms with Gasteiger partial charge in [0.15, 0.2) is 5.96 Å². The standard InChI is InChI=1S/C20H29N5OS/c1-2-22-20(23-9-12-26-19-4-3-8-21-14-19)24-18-5-10-25(11-6-18)15-17-7-13-27-16-17/h3-4,7-8,13-14,16,18H,2,5-6,9-12,15H2,1H3,(H2,22,23,24). The highest BCUT2D eigenvalue weighted by Gasteiger charge is 2.20. The summed E-state index contributed by atoms with van der Waals surface area (Å²) in [6.45, 7) is 7.41. The van der Waals surface area contributed by atoms with Crippen LogP contribution in [0.3, 0.4) is 0 Å². The second-order valence-corrected chi connectivity index (χ2v) is 7.40. The SMILES string of the molecule is CCNC(=NCCOc1cccnc1)NC1CCN(Cc2ccsc2)CC1. The van der Waals surface area contributed by atoms with Crippen LogP contribution in [-0.4, -0.2) is 54.7 Å². The topological polar surface area (TPSA) is 61.8 Å². The van der Waals surface area contributed by atoms with E-state index in [0.717, 1.165) is 50.7 Å². The van der Waals surface area contributed by atoms with Crippen molar-refractivity contribution in [2.45, 2.75) is 32.4 Å². The molecule has 27 heavy (non-hydrogen) atoms. The first-order chi connectivity index (χ1) is 13.3. The van der Waals surface area contributed by atoms with Gasteiger partial charge in [0.25, 0.3) is 0 Å². The summed E-state index contributed by atoms with van der Waals surface area (Å²) in [6.07, 6.45) is 5.74. The number of ether oxygens (including phenoxy) is 1. The summed E-state index contributed by atoms with van der Waals surface area (Å²) >= 11 is 1.77. The van der Waals surface area contributed by atoms with Gasteiger partial charge in [-0.05, 0) is 54.3 Å². The number of aliphatic imine (C=N–C) groups is 1. The number of piperidine rings is 1. The van der Waals surface area contributed by atoms with Gasteiger partial charge in [-0.2, -0.15) is 11.3 Å². The van der Waals surface area contributed by atoms with Crippen LogP contribution in [0.2, 0.25) is 0 Å². The lowest BCUT2D eigenvalue weighted by Gasteiger charge is -2.33. The van der Waals surface area contributed by atoms with Crippen LogP contribution in [0.25, 0.3) is 0 Å². The molecule has 2 aromatic heterocycles. The smallest absolute Gasteiger partial charge is 0.191 e. The van der Waals surface area contributed by atoms with Crippen LogP contribution in [0.4, 0.5) is 0 Å². The fraction of sp³-hybridized carbons (Fsp3) is 0.500. The molecule has 146 valence electrons. The zero-order valence-corrected chi connectivity index (χ0v) is 16.8. The number of guanidine groups is 1. The Bertz CT molecular complexity index is 669. The molecule has 1 aliphatic heterocycles. The van der Waals surface area contributed by atoms with E-state index in [9.17, 15) is 0 Å². The van der Waals surface area contributed by atoms with Crippen molar-refractivity contribution in [2.24, 2.45) is 4.99 Å². The van der Waals surface area contributed by atoms with Gasteiger partial charge in [0.1, 0.15) is 12.4 Å². The molecule has 0 saturated carbocycles. The summed E-state index contributed by atoms with van der Waals surface area (Å²) in [4.78, 5) is 11.2. The minimum absolute atomic E-state index is 0.473. The molecule has 0 bridgehead atoms. The molecule has 0 spiro atoms. The lowest BCUT2D eigenvalue weighted by atomic mass is 10.0. The Kier molecular flexibility index (Phi) is 7.92. The van der Waals surface area contributed by atoms with E-state index in [1.807, 2.05) is 12.1 Å². The number of hydrogen-bond donors (Lipinski definition) is 2. The third-order valence-corrected chi connectivity index (χ3v) is 5.26. The highest BCUT2D eigenvalue weighted by Crippen LogP contribution is 2.15. The molecule has 0 radical (unpaired) electrons. The maximum atomic E-state index is 5.66. The summed E-state index contributed by atoms with van der Waals surface area (Å²) in [7, 11) is 0. The Morgan fingerprint density at radius 2 is 2.26 bits per heavy atom. The van der Waals surface area contributed by atoms with Gasteiger partial charge in [-0.15, -0.1) is 0 Å². The minimum atomic E-state index is 0.473. The molecular formula is C20H29N5OS. The van der Waals surface area contributed by atoms with Crippen molar-refractivity contribution in [1.82, 2.24) is 20.5 Å². The number of nitrogens with zero attached hydrogens (tertiary/aromatic N) is 3. The number of hydrogen-bond acceptors (Lipinski definition) is 5. The molecule has 0 atom stereocenters. The van der Waals surface area contributed by atoms with E-state index in [4.69, 9.17) is 4.74 Å². The van der Waals surface area contributed by atoms with E-state index in [-0.39, 0.29) is 0 Å². The maximum Gasteiger partial charge on any atom is 0.191 e. The largest absolute Gasteiger partial charge is 0.490 e. The van der Waals surface area contributed by atoms with E-state index < -0.39 is 0 Å². The van der Waals surface area contributed by atoms with Crippen molar-refractivity contribution in [1.29, 1.82) is 0 Å². The van der Waals surface area contributed by atoms with Crippen LogP contribution in [0, 0.1) is 0 Å². The number of pyridine rings is 1. The summed E-state index contributed by atoms with van der Waals surface area (Å²) in [5, 5.41) is 11.3. The third kappa shape index (κ3) is 6.84. The molecule has 1 fully saturated rings. The van der Waals surface area contributed by atoms with Crippen LogP contribution >= 0.6 is 11.3 Å². The lowest BCUT2D eigenvalue weighted by Crippen LogP contribution is -2.48.